The molecule has 118 valence electrons. The highest BCUT2D eigenvalue weighted by Gasteiger charge is 2.18. The van der Waals surface area contributed by atoms with Gasteiger partial charge in [-0.05, 0) is 43.9 Å². The number of sulfonamides is 1. The summed E-state index contributed by atoms with van der Waals surface area (Å²) in [7, 11) is -3.73. The third-order valence-corrected chi connectivity index (χ3v) is 4.55. The molecule has 0 amide bonds. The Morgan fingerprint density at radius 3 is 2.57 bits per heavy atom. The number of aromatic carboxylic acids is 1. The van der Waals surface area contributed by atoms with Crippen molar-refractivity contribution in [3.05, 3.63) is 29.3 Å². The molecule has 0 bridgehead atoms. The normalized spacial score (nSPS) is 13.1. The lowest BCUT2D eigenvalue weighted by Crippen LogP contribution is -2.25. The molecular weight excluding hydrogens is 294 g/mol. The molecular formula is C14H21NO5S. The van der Waals surface area contributed by atoms with Crippen LogP contribution in [0.4, 0.5) is 0 Å². The molecule has 0 aromatic heterocycles. The minimum absolute atomic E-state index is 0.00403. The summed E-state index contributed by atoms with van der Waals surface area (Å²) >= 11 is 0. The highest BCUT2D eigenvalue weighted by molar-refractivity contribution is 7.89. The molecule has 0 aliphatic rings. The zero-order valence-corrected chi connectivity index (χ0v) is 13.0. The van der Waals surface area contributed by atoms with Crippen molar-refractivity contribution in [3.63, 3.8) is 0 Å². The maximum Gasteiger partial charge on any atom is 0.336 e. The fourth-order valence-corrected chi connectivity index (χ4v) is 3.02. The Balaban J connectivity index is 2.88. The minimum Gasteiger partial charge on any atom is -0.478 e. The van der Waals surface area contributed by atoms with Gasteiger partial charge in [-0.3, -0.25) is 0 Å². The standard InChI is InChI=1S/C14H21NO5S/c1-3-11-6-7-12(9-13(11)14(17)18)21(19,20)15-8-4-5-10(2)16/h6-7,9-10,15-16H,3-5,8H2,1-2H3,(H,17,18). The summed E-state index contributed by atoms with van der Waals surface area (Å²) < 4.78 is 26.6. The van der Waals surface area contributed by atoms with Gasteiger partial charge in [0.1, 0.15) is 0 Å². The van der Waals surface area contributed by atoms with Gasteiger partial charge in [0.15, 0.2) is 0 Å². The number of hydrogen-bond acceptors (Lipinski definition) is 4. The molecule has 0 radical (unpaired) electrons. The van der Waals surface area contributed by atoms with Crippen molar-refractivity contribution in [2.45, 2.75) is 44.1 Å². The first-order valence-electron chi connectivity index (χ1n) is 6.82. The summed E-state index contributed by atoms with van der Waals surface area (Å²) in [6.45, 7) is 3.65. The summed E-state index contributed by atoms with van der Waals surface area (Å²) in [5.41, 5.74) is 0.597. The lowest BCUT2D eigenvalue weighted by atomic mass is 10.1. The molecule has 0 aliphatic carbocycles. The molecule has 0 aliphatic heterocycles. The van der Waals surface area contributed by atoms with Gasteiger partial charge in [-0.1, -0.05) is 13.0 Å². The smallest absolute Gasteiger partial charge is 0.336 e. The van der Waals surface area contributed by atoms with Crippen molar-refractivity contribution in [1.29, 1.82) is 0 Å². The Morgan fingerprint density at radius 1 is 1.38 bits per heavy atom. The molecule has 1 unspecified atom stereocenters. The molecule has 7 heteroatoms. The van der Waals surface area contributed by atoms with Crippen molar-refractivity contribution >= 4 is 16.0 Å². The third kappa shape index (κ3) is 5.11. The SMILES string of the molecule is CCc1ccc(S(=O)(=O)NCCCC(C)O)cc1C(=O)O. The second kappa shape index (κ2) is 7.53. The first-order valence-corrected chi connectivity index (χ1v) is 8.30. The van der Waals surface area contributed by atoms with Crippen LogP contribution in [0.1, 0.15) is 42.6 Å². The number of carboxylic acid groups (broad SMARTS) is 1. The monoisotopic (exact) mass is 315 g/mol. The Labute approximate surface area is 124 Å². The van der Waals surface area contributed by atoms with Gasteiger partial charge in [0.05, 0.1) is 16.6 Å². The van der Waals surface area contributed by atoms with E-state index in [0.717, 1.165) is 0 Å². The van der Waals surface area contributed by atoms with E-state index in [0.29, 0.717) is 24.8 Å². The van der Waals surface area contributed by atoms with E-state index in [-0.39, 0.29) is 17.0 Å². The van der Waals surface area contributed by atoms with Crippen LogP contribution in [-0.4, -0.2) is 37.2 Å². The van der Waals surface area contributed by atoms with Crippen LogP contribution in [0.5, 0.6) is 0 Å². The number of rotatable bonds is 8. The van der Waals surface area contributed by atoms with Gasteiger partial charge in [0, 0.05) is 6.54 Å². The molecule has 0 saturated carbocycles. The average Bonchev–Trinajstić information content (AvgIpc) is 2.42. The van der Waals surface area contributed by atoms with Crippen molar-refractivity contribution in [2.24, 2.45) is 0 Å². The van der Waals surface area contributed by atoms with Crippen LogP contribution in [0, 0.1) is 0 Å². The van der Waals surface area contributed by atoms with Crippen LogP contribution in [0.25, 0.3) is 0 Å². The molecule has 6 nitrogen and oxygen atoms in total. The van der Waals surface area contributed by atoms with E-state index in [9.17, 15) is 13.2 Å². The molecule has 0 heterocycles. The van der Waals surface area contributed by atoms with E-state index in [1.807, 2.05) is 6.92 Å². The number of nitrogens with one attached hydrogen (secondary N) is 1. The van der Waals surface area contributed by atoms with Gasteiger partial charge in [-0.25, -0.2) is 17.9 Å². The van der Waals surface area contributed by atoms with Crippen LogP contribution in [0.2, 0.25) is 0 Å². The predicted molar refractivity (Wildman–Crippen MR) is 78.9 cm³/mol. The van der Waals surface area contributed by atoms with E-state index >= 15 is 0 Å². The summed E-state index contributed by atoms with van der Waals surface area (Å²) in [5, 5.41) is 18.2. The van der Waals surface area contributed by atoms with E-state index in [1.165, 1.54) is 18.2 Å². The molecule has 0 saturated heterocycles. The number of aliphatic hydroxyl groups is 1. The van der Waals surface area contributed by atoms with Gasteiger partial charge >= 0.3 is 5.97 Å². The zero-order chi connectivity index (χ0) is 16.0. The highest BCUT2D eigenvalue weighted by atomic mass is 32.2. The van der Waals surface area contributed by atoms with E-state index in [4.69, 9.17) is 10.2 Å². The van der Waals surface area contributed by atoms with E-state index in [1.54, 1.807) is 6.92 Å². The summed E-state index contributed by atoms with van der Waals surface area (Å²) in [6.07, 6.45) is 1.05. The Bertz CT molecular complexity index is 595. The quantitative estimate of drug-likeness (QED) is 0.629. The molecule has 1 aromatic rings. The molecule has 1 aromatic carbocycles. The van der Waals surface area contributed by atoms with Crippen LogP contribution in [-0.2, 0) is 16.4 Å². The highest BCUT2D eigenvalue weighted by Crippen LogP contribution is 2.17. The number of hydrogen-bond donors (Lipinski definition) is 3. The zero-order valence-electron chi connectivity index (χ0n) is 12.2. The van der Waals surface area contributed by atoms with Crippen molar-refractivity contribution in [3.8, 4) is 0 Å². The first-order chi connectivity index (χ1) is 9.77. The summed E-state index contributed by atoms with van der Waals surface area (Å²) in [5.74, 6) is -1.14. The van der Waals surface area contributed by atoms with Crippen LogP contribution < -0.4 is 4.72 Å². The minimum atomic E-state index is -3.73. The van der Waals surface area contributed by atoms with Gasteiger partial charge in [0.2, 0.25) is 10.0 Å². The van der Waals surface area contributed by atoms with E-state index < -0.39 is 22.1 Å². The second-order valence-electron chi connectivity index (χ2n) is 4.87. The summed E-state index contributed by atoms with van der Waals surface area (Å²) in [4.78, 5) is 11.1. The van der Waals surface area contributed by atoms with Gasteiger partial charge in [-0.2, -0.15) is 0 Å². The lowest BCUT2D eigenvalue weighted by Gasteiger charge is -2.10. The van der Waals surface area contributed by atoms with Crippen LogP contribution in [0.3, 0.4) is 0 Å². The van der Waals surface area contributed by atoms with Crippen LogP contribution in [0.15, 0.2) is 23.1 Å². The Kier molecular flexibility index (Phi) is 6.32. The number of carbonyl (C=O) groups is 1. The third-order valence-electron chi connectivity index (χ3n) is 3.09. The van der Waals surface area contributed by atoms with E-state index in [2.05, 4.69) is 4.72 Å². The number of aliphatic hydroxyl groups excluding tert-OH is 1. The largest absolute Gasteiger partial charge is 0.478 e. The molecule has 1 atom stereocenters. The fraction of sp³-hybridized carbons (Fsp3) is 0.500. The topological polar surface area (TPSA) is 104 Å². The van der Waals surface area contributed by atoms with Gasteiger partial charge < -0.3 is 10.2 Å². The second-order valence-corrected chi connectivity index (χ2v) is 6.63. The number of benzene rings is 1. The van der Waals surface area contributed by atoms with Crippen molar-refractivity contribution in [1.82, 2.24) is 4.72 Å². The lowest BCUT2D eigenvalue weighted by molar-refractivity contribution is 0.0695. The number of aryl methyl sites for hydroxylation is 1. The maximum absolute atomic E-state index is 12.1. The molecule has 1 rings (SSSR count). The average molecular weight is 315 g/mol. The Hall–Kier alpha value is -1.44. The summed E-state index contributed by atoms with van der Waals surface area (Å²) in [6, 6.07) is 4.11. The van der Waals surface area contributed by atoms with Crippen LogP contribution >= 0.6 is 0 Å². The molecule has 0 fully saturated rings. The molecule has 3 N–H and O–H groups in total. The molecule has 0 spiro atoms. The maximum atomic E-state index is 12.1. The molecule has 21 heavy (non-hydrogen) atoms. The first kappa shape index (κ1) is 17.6. The van der Waals surface area contributed by atoms with Gasteiger partial charge in [-0.15, -0.1) is 0 Å². The number of carboxylic acids is 1. The fourth-order valence-electron chi connectivity index (χ4n) is 1.92. The predicted octanol–water partition coefficient (Wildman–Crippen LogP) is 1.39. The van der Waals surface area contributed by atoms with Crippen molar-refractivity contribution < 1.29 is 23.4 Å². The van der Waals surface area contributed by atoms with Gasteiger partial charge in [0.25, 0.3) is 0 Å². The van der Waals surface area contributed by atoms with Crippen molar-refractivity contribution in [2.75, 3.05) is 6.54 Å². The Morgan fingerprint density at radius 2 is 2.05 bits per heavy atom.